The molecule has 0 saturated heterocycles. The Hall–Kier alpha value is 0.310. The van der Waals surface area contributed by atoms with Crippen molar-refractivity contribution in [3.63, 3.8) is 0 Å². The predicted molar refractivity (Wildman–Crippen MR) is 39.4 cm³/mol. The molecule has 0 radical (unpaired) electrons. The van der Waals surface area contributed by atoms with Gasteiger partial charge < -0.3 is 5.11 Å². The first-order valence-corrected chi connectivity index (χ1v) is 3.50. The fourth-order valence-corrected chi connectivity index (χ4v) is 0.631. The van der Waals surface area contributed by atoms with Crippen LogP contribution < -0.4 is 0 Å². The van der Waals surface area contributed by atoms with E-state index in [1.807, 2.05) is 6.92 Å². The number of aliphatic hydroxyl groups is 1. The Morgan fingerprint density at radius 1 is 1.38 bits per heavy atom. The highest BCUT2D eigenvalue weighted by Gasteiger charge is 1.97. The van der Waals surface area contributed by atoms with Crippen molar-refractivity contribution in [2.45, 2.75) is 38.0 Å². The lowest BCUT2D eigenvalue weighted by Crippen LogP contribution is -2.02. The zero-order valence-corrected chi connectivity index (χ0v) is 6.36. The maximum absolute atomic E-state index is 8.77. The van der Waals surface area contributed by atoms with Crippen LogP contribution in [0.3, 0.4) is 0 Å². The van der Waals surface area contributed by atoms with Crippen molar-refractivity contribution in [2.24, 2.45) is 0 Å². The number of thiol groups is 1. The molecule has 0 fully saturated rings. The largest absolute Gasteiger partial charge is 0.393 e. The van der Waals surface area contributed by atoms with Crippen molar-refractivity contribution in [3.8, 4) is 0 Å². The molecule has 0 spiro atoms. The van der Waals surface area contributed by atoms with Crippen LogP contribution in [-0.4, -0.2) is 16.5 Å². The summed E-state index contributed by atoms with van der Waals surface area (Å²) in [4.78, 5) is 0. The van der Waals surface area contributed by atoms with Crippen molar-refractivity contribution < 1.29 is 5.11 Å². The molecule has 0 aromatic carbocycles. The SMILES string of the molecule is CC(O)CCC(C)S. The summed E-state index contributed by atoms with van der Waals surface area (Å²) in [5, 5.41) is 9.19. The summed E-state index contributed by atoms with van der Waals surface area (Å²) in [7, 11) is 0. The average Bonchev–Trinajstić information content (AvgIpc) is 1.61. The normalized spacial score (nSPS) is 18.0. The molecule has 0 bridgehead atoms. The van der Waals surface area contributed by atoms with Gasteiger partial charge in [0.25, 0.3) is 0 Å². The molecule has 8 heavy (non-hydrogen) atoms. The van der Waals surface area contributed by atoms with Gasteiger partial charge in [-0.25, -0.2) is 0 Å². The van der Waals surface area contributed by atoms with Crippen molar-refractivity contribution >= 4 is 12.6 Å². The molecule has 0 saturated carbocycles. The van der Waals surface area contributed by atoms with Crippen LogP contribution in [0.5, 0.6) is 0 Å². The molecule has 0 aliphatic carbocycles. The molecule has 2 heteroatoms. The van der Waals surface area contributed by atoms with E-state index in [9.17, 15) is 0 Å². The quantitative estimate of drug-likeness (QED) is 0.560. The molecule has 1 N–H and O–H groups in total. The lowest BCUT2D eigenvalue weighted by molar-refractivity contribution is 0.182. The Balaban J connectivity index is 2.93. The highest BCUT2D eigenvalue weighted by atomic mass is 32.1. The van der Waals surface area contributed by atoms with Gasteiger partial charge >= 0.3 is 0 Å². The van der Waals surface area contributed by atoms with Gasteiger partial charge in [-0.05, 0) is 25.0 Å². The second-order valence-electron chi connectivity index (χ2n) is 2.28. The van der Waals surface area contributed by atoms with E-state index in [0.29, 0.717) is 5.25 Å². The smallest absolute Gasteiger partial charge is 0.0512 e. The highest BCUT2D eigenvalue weighted by molar-refractivity contribution is 7.80. The van der Waals surface area contributed by atoms with E-state index in [0.717, 1.165) is 12.8 Å². The Labute approximate surface area is 56.5 Å². The molecule has 50 valence electrons. The van der Waals surface area contributed by atoms with Crippen molar-refractivity contribution in [3.05, 3.63) is 0 Å². The topological polar surface area (TPSA) is 20.2 Å². The fourth-order valence-electron chi connectivity index (χ4n) is 0.482. The van der Waals surface area contributed by atoms with E-state index < -0.39 is 0 Å². The van der Waals surface area contributed by atoms with Crippen LogP contribution in [0.2, 0.25) is 0 Å². The Bertz CT molecular complexity index is 44.5. The third-order valence-corrected chi connectivity index (χ3v) is 1.26. The first-order chi connectivity index (χ1) is 3.63. The molecule has 0 aromatic heterocycles. The van der Waals surface area contributed by atoms with Crippen molar-refractivity contribution in [1.82, 2.24) is 0 Å². The van der Waals surface area contributed by atoms with Crippen molar-refractivity contribution in [1.29, 1.82) is 0 Å². The van der Waals surface area contributed by atoms with Crippen LogP contribution >= 0.6 is 12.6 Å². The Morgan fingerprint density at radius 3 is 2.00 bits per heavy atom. The molecular formula is C6H14OS. The zero-order chi connectivity index (χ0) is 6.57. The minimum atomic E-state index is -0.162. The fraction of sp³-hybridized carbons (Fsp3) is 1.00. The van der Waals surface area contributed by atoms with E-state index in [-0.39, 0.29) is 6.10 Å². The maximum Gasteiger partial charge on any atom is 0.0512 e. The van der Waals surface area contributed by atoms with Gasteiger partial charge in [0.05, 0.1) is 6.10 Å². The molecule has 2 unspecified atom stereocenters. The second kappa shape index (κ2) is 4.21. The predicted octanol–water partition coefficient (Wildman–Crippen LogP) is 1.47. The van der Waals surface area contributed by atoms with Gasteiger partial charge in [-0.2, -0.15) is 12.6 Å². The standard InChI is InChI=1S/C6H14OS/c1-5(7)3-4-6(2)8/h5-8H,3-4H2,1-2H3. The van der Waals surface area contributed by atoms with E-state index in [4.69, 9.17) is 5.11 Å². The van der Waals surface area contributed by atoms with Crippen molar-refractivity contribution in [2.75, 3.05) is 0 Å². The molecule has 1 nitrogen and oxygen atoms in total. The number of aliphatic hydroxyl groups excluding tert-OH is 1. The Morgan fingerprint density at radius 2 is 1.88 bits per heavy atom. The van der Waals surface area contributed by atoms with Gasteiger partial charge in [0.1, 0.15) is 0 Å². The third-order valence-electron chi connectivity index (χ3n) is 1.00. The van der Waals surface area contributed by atoms with E-state index in [2.05, 4.69) is 12.6 Å². The van der Waals surface area contributed by atoms with Gasteiger partial charge in [0.15, 0.2) is 0 Å². The number of hydrogen-bond acceptors (Lipinski definition) is 2. The monoisotopic (exact) mass is 134 g/mol. The molecule has 0 aliphatic heterocycles. The molecule has 0 heterocycles. The van der Waals surface area contributed by atoms with E-state index in [1.54, 1.807) is 6.92 Å². The second-order valence-corrected chi connectivity index (χ2v) is 3.16. The van der Waals surface area contributed by atoms with Gasteiger partial charge in [0.2, 0.25) is 0 Å². The van der Waals surface area contributed by atoms with Gasteiger partial charge in [0, 0.05) is 0 Å². The summed E-state index contributed by atoms with van der Waals surface area (Å²) >= 11 is 4.16. The highest BCUT2D eigenvalue weighted by Crippen LogP contribution is 2.04. The lowest BCUT2D eigenvalue weighted by atomic mass is 10.2. The van der Waals surface area contributed by atoms with Gasteiger partial charge in [-0.3, -0.25) is 0 Å². The zero-order valence-electron chi connectivity index (χ0n) is 5.46. The molecule has 2 atom stereocenters. The van der Waals surface area contributed by atoms with Crippen LogP contribution in [0.15, 0.2) is 0 Å². The van der Waals surface area contributed by atoms with Crippen LogP contribution in [0.4, 0.5) is 0 Å². The molecule has 0 aliphatic rings. The van der Waals surface area contributed by atoms with Gasteiger partial charge in [-0.15, -0.1) is 0 Å². The minimum absolute atomic E-state index is 0.162. The summed E-state index contributed by atoms with van der Waals surface area (Å²) in [6, 6.07) is 0. The number of rotatable bonds is 3. The average molecular weight is 134 g/mol. The molecule has 0 aromatic rings. The van der Waals surface area contributed by atoms with E-state index in [1.165, 1.54) is 0 Å². The summed E-state index contributed by atoms with van der Waals surface area (Å²) in [5.74, 6) is 0. The number of hydrogen-bond donors (Lipinski definition) is 2. The summed E-state index contributed by atoms with van der Waals surface area (Å²) in [6.45, 7) is 3.83. The summed E-state index contributed by atoms with van der Waals surface area (Å²) in [6.07, 6.45) is 1.70. The minimum Gasteiger partial charge on any atom is -0.393 e. The first kappa shape index (κ1) is 8.31. The summed E-state index contributed by atoms with van der Waals surface area (Å²) < 4.78 is 0. The third kappa shape index (κ3) is 6.31. The van der Waals surface area contributed by atoms with Gasteiger partial charge in [-0.1, -0.05) is 6.92 Å². The van der Waals surface area contributed by atoms with Crippen LogP contribution in [0, 0.1) is 0 Å². The first-order valence-electron chi connectivity index (χ1n) is 2.99. The molecule has 0 rings (SSSR count). The van der Waals surface area contributed by atoms with Crippen LogP contribution in [0.25, 0.3) is 0 Å². The van der Waals surface area contributed by atoms with Crippen LogP contribution in [0.1, 0.15) is 26.7 Å². The summed E-state index contributed by atoms with van der Waals surface area (Å²) in [5.41, 5.74) is 0. The lowest BCUT2D eigenvalue weighted by Gasteiger charge is -2.04. The molecular weight excluding hydrogens is 120 g/mol. The Kier molecular flexibility index (Phi) is 4.38. The maximum atomic E-state index is 8.77. The molecule has 0 amide bonds. The van der Waals surface area contributed by atoms with E-state index >= 15 is 0 Å². The van der Waals surface area contributed by atoms with Crippen LogP contribution in [-0.2, 0) is 0 Å².